The SMILES string of the molecule is Cc1cncc(CO[C@H]2CCOC3(C2)CN(Cc2ccccn2)C3)c1. The van der Waals surface area contributed by atoms with Crippen LogP contribution in [0.3, 0.4) is 0 Å². The maximum absolute atomic E-state index is 6.16. The number of nitrogens with zero attached hydrogens (tertiary/aromatic N) is 3. The molecule has 0 unspecified atom stereocenters. The van der Waals surface area contributed by atoms with Gasteiger partial charge < -0.3 is 9.47 Å². The van der Waals surface area contributed by atoms with E-state index in [9.17, 15) is 0 Å². The van der Waals surface area contributed by atoms with Crippen molar-refractivity contribution in [3.63, 3.8) is 0 Å². The van der Waals surface area contributed by atoms with Gasteiger partial charge in [-0.15, -0.1) is 0 Å². The summed E-state index contributed by atoms with van der Waals surface area (Å²) in [6.45, 7) is 6.31. The second kappa shape index (κ2) is 7.20. The summed E-state index contributed by atoms with van der Waals surface area (Å²) in [6.07, 6.45) is 7.83. The van der Waals surface area contributed by atoms with E-state index in [4.69, 9.17) is 9.47 Å². The lowest BCUT2D eigenvalue weighted by Crippen LogP contribution is -2.65. The molecule has 0 saturated carbocycles. The van der Waals surface area contributed by atoms with Crippen molar-refractivity contribution in [3.05, 3.63) is 59.7 Å². The topological polar surface area (TPSA) is 47.5 Å². The van der Waals surface area contributed by atoms with Gasteiger partial charge in [0.25, 0.3) is 0 Å². The van der Waals surface area contributed by atoms with Gasteiger partial charge in [-0.2, -0.15) is 0 Å². The van der Waals surface area contributed by atoms with E-state index in [1.807, 2.05) is 30.7 Å². The first-order valence-electron chi connectivity index (χ1n) is 8.99. The minimum absolute atomic E-state index is 0.0252. The quantitative estimate of drug-likeness (QED) is 0.838. The molecular formula is C20H25N3O2. The number of rotatable bonds is 5. The van der Waals surface area contributed by atoms with Crippen LogP contribution in [0.15, 0.2) is 42.9 Å². The van der Waals surface area contributed by atoms with Crippen LogP contribution in [0.5, 0.6) is 0 Å². The standard InChI is InChI=1S/C20H25N3O2/c1-16-8-17(11-21-10-16)13-24-19-5-7-25-20(9-19)14-23(15-20)12-18-4-2-3-6-22-18/h2-4,6,8,10-11,19H,5,7,9,12-15H2,1H3/t19-/m0/s1. The van der Waals surface area contributed by atoms with Crippen LogP contribution in [0.2, 0.25) is 0 Å². The molecule has 2 aromatic heterocycles. The van der Waals surface area contributed by atoms with Crippen LogP contribution in [0.25, 0.3) is 0 Å². The molecule has 0 N–H and O–H groups in total. The highest BCUT2D eigenvalue weighted by molar-refractivity contribution is 5.15. The molecule has 1 spiro atoms. The Morgan fingerprint density at radius 2 is 2.24 bits per heavy atom. The molecule has 2 saturated heterocycles. The number of aryl methyl sites for hydroxylation is 1. The zero-order valence-corrected chi connectivity index (χ0v) is 14.7. The van der Waals surface area contributed by atoms with Gasteiger partial charge in [0.2, 0.25) is 0 Å². The molecule has 132 valence electrons. The van der Waals surface area contributed by atoms with E-state index in [2.05, 4.69) is 33.9 Å². The van der Waals surface area contributed by atoms with Crippen molar-refractivity contribution in [2.75, 3.05) is 19.7 Å². The van der Waals surface area contributed by atoms with Crippen molar-refractivity contribution >= 4 is 0 Å². The third-order valence-corrected chi connectivity index (χ3v) is 5.00. The molecule has 4 rings (SSSR count). The second-order valence-electron chi connectivity index (χ2n) is 7.29. The Labute approximate surface area is 149 Å². The lowest BCUT2D eigenvalue weighted by atomic mass is 9.84. The average Bonchev–Trinajstić information content (AvgIpc) is 2.60. The Bertz CT molecular complexity index is 701. The highest BCUT2D eigenvalue weighted by Gasteiger charge is 2.47. The summed E-state index contributed by atoms with van der Waals surface area (Å²) in [5.74, 6) is 0. The zero-order chi connectivity index (χ0) is 17.1. The van der Waals surface area contributed by atoms with Crippen molar-refractivity contribution in [2.45, 2.75) is 44.6 Å². The van der Waals surface area contributed by atoms with E-state index >= 15 is 0 Å². The fourth-order valence-electron chi connectivity index (χ4n) is 3.86. The molecule has 0 aliphatic carbocycles. The van der Waals surface area contributed by atoms with E-state index in [0.29, 0.717) is 6.61 Å². The summed E-state index contributed by atoms with van der Waals surface area (Å²) in [5, 5.41) is 0. The molecule has 5 nitrogen and oxygen atoms in total. The van der Waals surface area contributed by atoms with E-state index in [0.717, 1.165) is 50.3 Å². The number of aromatic nitrogens is 2. The molecule has 0 amide bonds. The summed E-state index contributed by atoms with van der Waals surface area (Å²) >= 11 is 0. The highest BCUT2D eigenvalue weighted by Crippen LogP contribution is 2.36. The van der Waals surface area contributed by atoms with Crippen LogP contribution in [-0.2, 0) is 22.6 Å². The lowest BCUT2D eigenvalue weighted by Gasteiger charge is -2.53. The van der Waals surface area contributed by atoms with Crippen molar-refractivity contribution in [1.82, 2.24) is 14.9 Å². The van der Waals surface area contributed by atoms with E-state index in [1.165, 1.54) is 5.56 Å². The molecule has 5 heteroatoms. The molecule has 25 heavy (non-hydrogen) atoms. The first-order chi connectivity index (χ1) is 12.2. The van der Waals surface area contributed by atoms with Gasteiger partial charge in [0, 0.05) is 51.3 Å². The fraction of sp³-hybridized carbons (Fsp3) is 0.500. The van der Waals surface area contributed by atoms with Gasteiger partial charge in [-0.05, 0) is 36.6 Å². The first kappa shape index (κ1) is 16.6. The van der Waals surface area contributed by atoms with Crippen molar-refractivity contribution < 1.29 is 9.47 Å². The van der Waals surface area contributed by atoms with E-state index in [1.54, 1.807) is 0 Å². The Kier molecular flexibility index (Phi) is 4.79. The summed E-state index contributed by atoms with van der Waals surface area (Å²) in [4.78, 5) is 11.0. The maximum Gasteiger partial charge on any atom is 0.0959 e. The molecular weight excluding hydrogens is 314 g/mol. The van der Waals surface area contributed by atoms with Gasteiger partial charge in [-0.25, -0.2) is 0 Å². The van der Waals surface area contributed by atoms with Crippen LogP contribution in [0.4, 0.5) is 0 Å². The highest BCUT2D eigenvalue weighted by atomic mass is 16.5. The number of ether oxygens (including phenoxy) is 2. The number of hydrogen-bond donors (Lipinski definition) is 0. The Morgan fingerprint density at radius 1 is 1.32 bits per heavy atom. The molecule has 0 aromatic carbocycles. The van der Waals surface area contributed by atoms with Crippen molar-refractivity contribution in [3.8, 4) is 0 Å². The Hall–Kier alpha value is -1.82. The minimum atomic E-state index is -0.0252. The van der Waals surface area contributed by atoms with Gasteiger partial charge in [0.15, 0.2) is 0 Å². The van der Waals surface area contributed by atoms with Gasteiger partial charge in [0.05, 0.1) is 24.0 Å². The Balaban J connectivity index is 1.27. The van der Waals surface area contributed by atoms with Crippen LogP contribution in [-0.4, -0.2) is 46.3 Å². The summed E-state index contributed by atoms with van der Waals surface area (Å²) in [5.41, 5.74) is 3.41. The van der Waals surface area contributed by atoms with Gasteiger partial charge in [0.1, 0.15) is 0 Å². The zero-order valence-electron chi connectivity index (χ0n) is 14.7. The summed E-state index contributed by atoms with van der Waals surface area (Å²) in [6, 6.07) is 8.21. The van der Waals surface area contributed by atoms with Crippen molar-refractivity contribution in [1.29, 1.82) is 0 Å². The molecule has 2 aromatic rings. The Morgan fingerprint density at radius 3 is 3.04 bits per heavy atom. The molecule has 1 atom stereocenters. The third-order valence-electron chi connectivity index (χ3n) is 5.00. The number of likely N-dealkylation sites (tertiary alicyclic amines) is 1. The lowest BCUT2D eigenvalue weighted by molar-refractivity contribution is -0.200. The summed E-state index contributed by atoms with van der Waals surface area (Å²) < 4.78 is 12.3. The van der Waals surface area contributed by atoms with E-state index < -0.39 is 0 Å². The molecule has 2 fully saturated rings. The molecule has 2 aliphatic rings. The molecule has 2 aliphatic heterocycles. The average molecular weight is 339 g/mol. The summed E-state index contributed by atoms with van der Waals surface area (Å²) in [7, 11) is 0. The smallest absolute Gasteiger partial charge is 0.0959 e. The van der Waals surface area contributed by atoms with Crippen LogP contribution < -0.4 is 0 Å². The second-order valence-corrected chi connectivity index (χ2v) is 7.29. The minimum Gasteiger partial charge on any atom is -0.373 e. The molecule has 0 radical (unpaired) electrons. The van der Waals surface area contributed by atoms with E-state index in [-0.39, 0.29) is 11.7 Å². The normalized spacial score (nSPS) is 22.7. The van der Waals surface area contributed by atoms with Crippen LogP contribution in [0, 0.1) is 6.92 Å². The number of hydrogen-bond acceptors (Lipinski definition) is 5. The van der Waals surface area contributed by atoms with Crippen LogP contribution >= 0.6 is 0 Å². The van der Waals surface area contributed by atoms with Crippen LogP contribution in [0.1, 0.15) is 29.7 Å². The first-order valence-corrected chi connectivity index (χ1v) is 8.99. The predicted octanol–water partition coefficient (Wildman–Crippen LogP) is 2.74. The monoisotopic (exact) mass is 339 g/mol. The van der Waals surface area contributed by atoms with Gasteiger partial charge in [-0.3, -0.25) is 14.9 Å². The number of pyridine rings is 2. The maximum atomic E-state index is 6.16. The van der Waals surface area contributed by atoms with Gasteiger partial charge >= 0.3 is 0 Å². The molecule has 0 bridgehead atoms. The third kappa shape index (κ3) is 4.06. The fourth-order valence-corrected chi connectivity index (χ4v) is 3.86. The van der Waals surface area contributed by atoms with Gasteiger partial charge in [-0.1, -0.05) is 12.1 Å². The molecule has 4 heterocycles. The largest absolute Gasteiger partial charge is 0.373 e. The van der Waals surface area contributed by atoms with Crippen molar-refractivity contribution in [2.24, 2.45) is 0 Å². The predicted molar refractivity (Wildman–Crippen MR) is 95.0 cm³/mol.